The summed E-state index contributed by atoms with van der Waals surface area (Å²) in [6.45, 7) is 6.34. The zero-order chi connectivity index (χ0) is 11.7. The fourth-order valence-electron chi connectivity index (χ4n) is 0.781. The van der Waals surface area contributed by atoms with Crippen LogP contribution in [-0.4, -0.2) is 0 Å². The van der Waals surface area contributed by atoms with Crippen LogP contribution in [0.25, 0.3) is 0 Å². The van der Waals surface area contributed by atoms with Crippen molar-refractivity contribution in [2.45, 2.75) is 20.8 Å². The molecule has 89 valence electrons. The summed E-state index contributed by atoms with van der Waals surface area (Å²) >= 11 is -2.17. The van der Waals surface area contributed by atoms with Crippen molar-refractivity contribution >= 4 is 0 Å². The zero-order valence-electron chi connectivity index (χ0n) is 10.1. The second-order valence-electron chi connectivity index (χ2n) is 3.93. The van der Waals surface area contributed by atoms with Gasteiger partial charge in [-0.3, -0.25) is 0 Å². The normalized spacial score (nSPS) is 8.44. The predicted octanol–water partition coefficient (Wildman–Crippen LogP) is 3.29. The molecule has 1 rings (SSSR count). The molecule has 0 bridgehead atoms. The molecule has 1 aromatic carbocycles. The monoisotopic (exact) mass is 392 g/mol. The minimum absolute atomic E-state index is 0. The summed E-state index contributed by atoms with van der Waals surface area (Å²) in [6.07, 6.45) is 0. The molecule has 3 heteroatoms. The van der Waals surface area contributed by atoms with Crippen molar-refractivity contribution in [2.24, 2.45) is 5.41 Å². The topological polar surface area (TPSA) is 34.1 Å². The van der Waals surface area contributed by atoms with Crippen LogP contribution < -0.4 is 0 Å². The van der Waals surface area contributed by atoms with Gasteiger partial charge in [0.1, 0.15) is 0 Å². The summed E-state index contributed by atoms with van der Waals surface area (Å²) < 4.78 is 17.1. The Morgan fingerprint density at radius 2 is 1.50 bits per heavy atom. The fourth-order valence-corrected chi connectivity index (χ4v) is 0.781. The summed E-state index contributed by atoms with van der Waals surface area (Å²) in [4.78, 5) is 0. The third kappa shape index (κ3) is 11.1. The summed E-state index contributed by atoms with van der Waals surface area (Å²) in [5.74, 6) is 6.32. The summed E-state index contributed by atoms with van der Waals surface area (Å²) in [5, 5.41) is 0. The molecule has 2 nitrogen and oxygen atoms in total. The Labute approximate surface area is 106 Å². The predicted molar refractivity (Wildman–Crippen MR) is 60.6 cm³/mol. The van der Waals surface area contributed by atoms with Crippen LogP contribution in [0.3, 0.4) is 0 Å². The molecule has 0 radical (unpaired) electrons. The first-order valence-corrected chi connectivity index (χ1v) is 6.69. The molecule has 0 heterocycles. The Kier molecular flexibility index (Phi) is 10.1. The van der Waals surface area contributed by atoms with Crippen LogP contribution in [-0.2, 0) is 24.8 Å². The first kappa shape index (κ1) is 17.4. The molecule has 0 N–H and O–H groups in total. The molecule has 0 aliphatic heterocycles. The van der Waals surface area contributed by atoms with Crippen molar-refractivity contribution < 1.29 is 24.8 Å². The Morgan fingerprint density at radius 3 is 1.88 bits per heavy atom. The number of hydrogen-bond donors (Lipinski definition) is 0. The molecule has 0 amide bonds. The molecule has 0 atom stereocenters. The van der Waals surface area contributed by atoms with Crippen molar-refractivity contribution in [3.05, 3.63) is 43.3 Å². The molecule has 0 saturated carbocycles. The molecule has 0 aliphatic rings. The van der Waals surface area contributed by atoms with Crippen LogP contribution in [0, 0.1) is 24.7 Å². The van der Waals surface area contributed by atoms with E-state index in [0.29, 0.717) is 0 Å². The Hall–Kier alpha value is -0.958. The van der Waals surface area contributed by atoms with Gasteiger partial charge in [0.05, 0.1) is 0 Å². The van der Waals surface area contributed by atoms with E-state index < -0.39 is 17.9 Å². The van der Waals surface area contributed by atoms with E-state index in [4.69, 9.17) is 6.94 Å². The van der Waals surface area contributed by atoms with E-state index in [1.165, 1.54) is 0 Å². The molecule has 0 fully saturated rings. The summed E-state index contributed by atoms with van der Waals surface area (Å²) in [5.41, 5.74) is 1.18. The molecule has 1 aromatic rings. The fraction of sp³-hybridized carbons (Fsp3) is 0.308. The van der Waals surface area contributed by atoms with E-state index in [1.54, 1.807) is 0 Å². The van der Waals surface area contributed by atoms with Crippen LogP contribution in [0.15, 0.2) is 30.3 Å². The third-order valence-corrected chi connectivity index (χ3v) is 1.36. The van der Waals surface area contributed by atoms with E-state index in [9.17, 15) is 0 Å². The van der Waals surface area contributed by atoms with E-state index >= 15 is 0 Å². The number of benzene rings is 1. The average Bonchev–Trinajstić information content (AvgIpc) is 2.17. The first-order valence-electron chi connectivity index (χ1n) is 4.47. The maximum absolute atomic E-state index is 8.53. The Balaban J connectivity index is 0. The van der Waals surface area contributed by atoms with Crippen LogP contribution in [0.5, 0.6) is 0 Å². The molecule has 0 aliphatic carbocycles. The molecule has 0 unspecified atom stereocenters. The maximum atomic E-state index is 8.53. The van der Waals surface area contributed by atoms with Gasteiger partial charge in [-0.1, -0.05) is 30.0 Å². The molecular formula is C13H17O2Re-. The zero-order valence-corrected chi connectivity index (χ0v) is 12.8. The van der Waals surface area contributed by atoms with Crippen molar-refractivity contribution in [2.75, 3.05) is 0 Å². The van der Waals surface area contributed by atoms with Gasteiger partial charge in [-0.2, -0.15) is 0 Å². The van der Waals surface area contributed by atoms with Gasteiger partial charge in [-0.25, -0.2) is 0 Å². The average molecular weight is 391 g/mol. The van der Waals surface area contributed by atoms with E-state index in [0.717, 1.165) is 5.56 Å². The Morgan fingerprint density at radius 1 is 1.06 bits per heavy atom. The summed E-state index contributed by atoms with van der Waals surface area (Å²) in [6, 6.07) is 10.1. The van der Waals surface area contributed by atoms with E-state index in [1.807, 2.05) is 30.3 Å². The van der Waals surface area contributed by atoms with Crippen molar-refractivity contribution in [3.8, 4) is 11.8 Å². The van der Waals surface area contributed by atoms with Gasteiger partial charge in [0, 0.05) is 11.0 Å². The van der Waals surface area contributed by atoms with Gasteiger partial charge >= 0.3 is 24.8 Å². The minimum atomic E-state index is -2.17. The van der Waals surface area contributed by atoms with Crippen molar-refractivity contribution in [3.63, 3.8) is 0 Å². The van der Waals surface area contributed by atoms with Gasteiger partial charge in [0.15, 0.2) is 0 Å². The first-order chi connectivity index (χ1) is 6.99. The van der Waals surface area contributed by atoms with E-state index in [2.05, 4.69) is 32.6 Å². The van der Waals surface area contributed by atoms with Gasteiger partial charge in [0.2, 0.25) is 0 Å². The number of hydrogen-bond acceptors (Lipinski definition) is 2. The molecule has 0 saturated heterocycles. The van der Waals surface area contributed by atoms with Crippen LogP contribution in [0.2, 0.25) is 0 Å². The van der Waals surface area contributed by atoms with E-state index in [-0.39, 0.29) is 12.8 Å². The van der Waals surface area contributed by atoms with Gasteiger partial charge in [0.25, 0.3) is 0 Å². The molecule has 0 spiro atoms. The summed E-state index contributed by atoms with van der Waals surface area (Å²) in [7, 11) is 0. The van der Waals surface area contributed by atoms with Crippen LogP contribution in [0.1, 0.15) is 26.3 Å². The molecule has 16 heavy (non-hydrogen) atoms. The van der Waals surface area contributed by atoms with Gasteiger partial charge in [-0.05, 0) is 32.9 Å². The van der Waals surface area contributed by atoms with Crippen LogP contribution >= 0.6 is 0 Å². The molecule has 0 aromatic heterocycles. The quantitative estimate of drug-likeness (QED) is 0.502. The second kappa shape index (κ2) is 9.28. The van der Waals surface area contributed by atoms with Crippen molar-refractivity contribution in [1.82, 2.24) is 0 Å². The van der Waals surface area contributed by atoms with Gasteiger partial charge in [-0.15, -0.1) is 0 Å². The van der Waals surface area contributed by atoms with Crippen LogP contribution in [0.4, 0.5) is 0 Å². The second-order valence-corrected chi connectivity index (χ2v) is 4.38. The number of rotatable bonds is 0. The SMILES string of the molecule is CC(C)(C)C#Cc1ccccc1.[CH3-].[O]=[Re]=[O]. The van der Waals surface area contributed by atoms with Gasteiger partial charge < -0.3 is 7.43 Å². The molecular weight excluding hydrogens is 374 g/mol. The standard InChI is InChI=1S/C12H14.CH3.2O.Re/c1-12(2,3)10-9-11-7-5-4-6-8-11;;;;/h4-8H,1-3H3;1H3;;;/q;-1;;;. The third-order valence-electron chi connectivity index (χ3n) is 1.36. The van der Waals surface area contributed by atoms with Crippen molar-refractivity contribution in [1.29, 1.82) is 0 Å². The Bertz CT molecular complexity index is 374.